The number of morpholine rings is 1. The number of hydrogen-bond acceptors (Lipinski definition) is 7. The molecular weight excluding hydrogens is 468 g/mol. The van der Waals surface area contributed by atoms with Crippen LogP contribution in [0.3, 0.4) is 0 Å². The summed E-state index contributed by atoms with van der Waals surface area (Å²) in [5.74, 6) is -0.0375. The average Bonchev–Trinajstić information content (AvgIpc) is 2.89. The maximum atomic E-state index is 13.1. The largest absolute Gasteiger partial charge is 0.495 e. The van der Waals surface area contributed by atoms with Gasteiger partial charge in [0, 0.05) is 18.8 Å². The summed E-state index contributed by atoms with van der Waals surface area (Å²) in [4.78, 5) is 12.7. The van der Waals surface area contributed by atoms with E-state index in [1.54, 1.807) is 36.4 Å². The summed E-state index contributed by atoms with van der Waals surface area (Å²) in [6.45, 7) is 1.24. The zero-order chi connectivity index (χ0) is 24.7. The lowest BCUT2D eigenvalue weighted by molar-refractivity contribution is -0.115. The van der Waals surface area contributed by atoms with Gasteiger partial charge in [0.2, 0.25) is 15.9 Å². The number of nitrogens with one attached hydrogen (secondary N) is 1. The van der Waals surface area contributed by atoms with Gasteiger partial charge in [0.15, 0.2) is 0 Å². The first-order chi connectivity index (χ1) is 17.0. The van der Waals surface area contributed by atoms with Crippen LogP contribution in [-0.2, 0) is 26.0 Å². The lowest BCUT2D eigenvalue weighted by Gasteiger charge is -2.26. The Bertz CT molecular complexity index is 1290. The molecule has 0 aromatic heterocycles. The van der Waals surface area contributed by atoms with Crippen LogP contribution in [0, 0.1) is 0 Å². The van der Waals surface area contributed by atoms with Gasteiger partial charge in [-0.1, -0.05) is 24.3 Å². The predicted octanol–water partition coefficient (Wildman–Crippen LogP) is 4.31. The van der Waals surface area contributed by atoms with E-state index in [-0.39, 0.29) is 36.1 Å². The Morgan fingerprint density at radius 3 is 2.29 bits per heavy atom. The van der Waals surface area contributed by atoms with Crippen LogP contribution >= 0.6 is 0 Å². The van der Waals surface area contributed by atoms with Crippen LogP contribution in [0.1, 0.15) is 5.56 Å². The third kappa shape index (κ3) is 6.30. The molecule has 1 heterocycles. The Morgan fingerprint density at radius 2 is 1.63 bits per heavy atom. The van der Waals surface area contributed by atoms with Crippen LogP contribution in [0.2, 0.25) is 0 Å². The highest BCUT2D eigenvalue weighted by molar-refractivity contribution is 7.89. The number of sulfonamides is 1. The van der Waals surface area contributed by atoms with Crippen molar-refractivity contribution in [2.75, 3.05) is 38.7 Å². The van der Waals surface area contributed by atoms with Crippen molar-refractivity contribution in [3.05, 3.63) is 78.4 Å². The van der Waals surface area contributed by atoms with Crippen LogP contribution in [0.15, 0.2) is 87.9 Å². The van der Waals surface area contributed by atoms with Crippen molar-refractivity contribution in [1.29, 1.82) is 0 Å². The number of methoxy groups -OCH3 is 1. The first-order valence-electron chi connectivity index (χ1n) is 11.1. The highest BCUT2D eigenvalue weighted by Gasteiger charge is 2.29. The highest BCUT2D eigenvalue weighted by atomic mass is 32.2. The second kappa shape index (κ2) is 11.2. The fraction of sp³-hybridized carbons (Fsp3) is 0.240. The molecule has 1 aliphatic rings. The number of carbonyl (C=O) groups excluding carboxylic acids is 1. The minimum Gasteiger partial charge on any atom is -0.495 e. The molecule has 9 nitrogen and oxygen atoms in total. The van der Waals surface area contributed by atoms with Crippen molar-refractivity contribution in [3.63, 3.8) is 0 Å². The summed E-state index contributed by atoms with van der Waals surface area (Å²) in [6, 6.07) is 21.1. The smallest absolute Gasteiger partial charge is 0.246 e. The number of rotatable bonds is 8. The van der Waals surface area contributed by atoms with E-state index in [9.17, 15) is 13.2 Å². The molecule has 0 bridgehead atoms. The number of benzene rings is 3. The molecule has 1 fully saturated rings. The van der Waals surface area contributed by atoms with Gasteiger partial charge in [-0.3, -0.25) is 4.79 Å². The number of amides is 1. The van der Waals surface area contributed by atoms with E-state index in [0.717, 1.165) is 5.69 Å². The van der Waals surface area contributed by atoms with Crippen molar-refractivity contribution in [2.24, 2.45) is 10.2 Å². The van der Waals surface area contributed by atoms with E-state index < -0.39 is 10.0 Å². The Labute approximate surface area is 204 Å². The second-order valence-electron chi connectivity index (χ2n) is 7.81. The molecule has 35 heavy (non-hydrogen) atoms. The number of nitrogens with zero attached hydrogens (tertiary/aromatic N) is 3. The molecule has 0 saturated carbocycles. The molecular formula is C25H26N4O5S. The maximum absolute atomic E-state index is 13.1. The Kier molecular flexibility index (Phi) is 7.86. The van der Waals surface area contributed by atoms with Gasteiger partial charge in [0.05, 0.1) is 38.1 Å². The molecule has 1 amide bonds. The second-order valence-corrected chi connectivity index (χ2v) is 9.72. The molecule has 0 radical (unpaired) electrons. The molecule has 1 N–H and O–H groups in total. The summed E-state index contributed by atoms with van der Waals surface area (Å²) in [6.07, 6.45) is 0.00505. The molecule has 3 aromatic rings. The minimum absolute atomic E-state index is 0.00505. The fourth-order valence-electron chi connectivity index (χ4n) is 3.57. The van der Waals surface area contributed by atoms with Crippen molar-refractivity contribution < 1.29 is 22.7 Å². The van der Waals surface area contributed by atoms with E-state index in [0.29, 0.717) is 30.2 Å². The molecule has 182 valence electrons. The Morgan fingerprint density at radius 1 is 0.971 bits per heavy atom. The molecule has 1 aliphatic heterocycles. The van der Waals surface area contributed by atoms with Crippen LogP contribution in [0.5, 0.6) is 5.75 Å². The third-order valence-corrected chi connectivity index (χ3v) is 7.29. The number of anilines is 1. The quantitative estimate of drug-likeness (QED) is 0.469. The standard InChI is InChI=1S/C25H26N4O5S/c1-33-23-12-7-19(17-24(23)35(31,32)29-13-15-34-16-14-29)18-25(30)26-20-8-10-22(11-9-20)28-27-21-5-3-2-4-6-21/h2-12,17H,13-16,18H2,1H3,(H,26,30). The van der Waals surface area contributed by atoms with Crippen molar-refractivity contribution >= 4 is 33.0 Å². The number of carbonyl (C=O) groups is 1. The Balaban J connectivity index is 1.42. The van der Waals surface area contributed by atoms with Gasteiger partial charge >= 0.3 is 0 Å². The first kappa shape index (κ1) is 24.5. The zero-order valence-corrected chi connectivity index (χ0v) is 20.1. The number of hydrogen-bond donors (Lipinski definition) is 1. The molecule has 3 aromatic carbocycles. The molecule has 0 aliphatic carbocycles. The summed E-state index contributed by atoms with van der Waals surface area (Å²) in [7, 11) is -2.36. The molecule has 10 heteroatoms. The molecule has 0 atom stereocenters. The van der Waals surface area contributed by atoms with E-state index in [1.807, 2.05) is 30.3 Å². The summed E-state index contributed by atoms with van der Waals surface area (Å²) in [5, 5.41) is 11.2. The summed E-state index contributed by atoms with van der Waals surface area (Å²) < 4.78 is 38.2. The van der Waals surface area contributed by atoms with E-state index in [2.05, 4.69) is 15.5 Å². The van der Waals surface area contributed by atoms with Gasteiger partial charge in [-0.05, 0) is 54.1 Å². The van der Waals surface area contributed by atoms with Gasteiger partial charge in [-0.25, -0.2) is 8.42 Å². The van der Waals surface area contributed by atoms with Crippen LogP contribution < -0.4 is 10.1 Å². The molecule has 1 saturated heterocycles. The van der Waals surface area contributed by atoms with Crippen molar-refractivity contribution in [2.45, 2.75) is 11.3 Å². The third-order valence-electron chi connectivity index (χ3n) is 5.37. The minimum atomic E-state index is -3.78. The topological polar surface area (TPSA) is 110 Å². The number of azo groups is 1. The maximum Gasteiger partial charge on any atom is 0.246 e. The Hall–Kier alpha value is -3.60. The van der Waals surface area contributed by atoms with Crippen LogP contribution in [0.4, 0.5) is 17.1 Å². The van der Waals surface area contributed by atoms with E-state index in [4.69, 9.17) is 9.47 Å². The van der Waals surface area contributed by atoms with Crippen LogP contribution in [-0.4, -0.2) is 52.0 Å². The number of ether oxygens (including phenoxy) is 2. The van der Waals surface area contributed by atoms with Gasteiger partial charge in [0.1, 0.15) is 10.6 Å². The van der Waals surface area contributed by atoms with E-state index >= 15 is 0 Å². The van der Waals surface area contributed by atoms with Gasteiger partial charge in [-0.15, -0.1) is 0 Å². The SMILES string of the molecule is COc1ccc(CC(=O)Nc2ccc(N=Nc3ccccc3)cc2)cc1S(=O)(=O)N1CCOCC1. The lowest BCUT2D eigenvalue weighted by Crippen LogP contribution is -2.40. The highest BCUT2D eigenvalue weighted by Crippen LogP contribution is 2.29. The zero-order valence-electron chi connectivity index (χ0n) is 19.3. The molecule has 4 rings (SSSR count). The van der Waals surface area contributed by atoms with Crippen LogP contribution in [0.25, 0.3) is 0 Å². The monoisotopic (exact) mass is 494 g/mol. The normalized spacial score (nSPS) is 14.7. The average molecular weight is 495 g/mol. The van der Waals surface area contributed by atoms with Gasteiger partial charge in [0.25, 0.3) is 0 Å². The summed E-state index contributed by atoms with van der Waals surface area (Å²) in [5.41, 5.74) is 2.56. The fourth-order valence-corrected chi connectivity index (χ4v) is 5.18. The lowest BCUT2D eigenvalue weighted by atomic mass is 10.1. The predicted molar refractivity (Wildman–Crippen MR) is 132 cm³/mol. The van der Waals surface area contributed by atoms with E-state index in [1.165, 1.54) is 17.5 Å². The summed E-state index contributed by atoms with van der Waals surface area (Å²) >= 11 is 0. The van der Waals surface area contributed by atoms with Gasteiger partial charge in [-0.2, -0.15) is 14.5 Å². The van der Waals surface area contributed by atoms with Gasteiger partial charge < -0.3 is 14.8 Å². The van der Waals surface area contributed by atoms with Crippen molar-refractivity contribution in [3.8, 4) is 5.75 Å². The van der Waals surface area contributed by atoms with Crippen molar-refractivity contribution in [1.82, 2.24) is 4.31 Å². The first-order valence-corrected chi connectivity index (χ1v) is 12.5. The molecule has 0 spiro atoms. The molecule has 0 unspecified atom stereocenters.